The number of aromatic nitrogens is 1. The minimum Gasteiger partial charge on any atom is -0.506 e. The van der Waals surface area contributed by atoms with Gasteiger partial charge < -0.3 is 10.8 Å². The average Bonchev–Trinajstić information content (AvgIpc) is 2.35. The second-order valence-electron chi connectivity index (χ2n) is 4.39. The second kappa shape index (κ2) is 5.51. The van der Waals surface area contributed by atoms with E-state index < -0.39 is 0 Å². The fourth-order valence-corrected chi connectivity index (χ4v) is 1.84. The van der Waals surface area contributed by atoms with Gasteiger partial charge in [-0.2, -0.15) is 0 Å². The predicted molar refractivity (Wildman–Crippen MR) is 71.9 cm³/mol. The molecule has 0 fully saturated rings. The fourth-order valence-electron chi connectivity index (χ4n) is 1.84. The van der Waals surface area contributed by atoms with Crippen molar-refractivity contribution in [2.75, 3.05) is 12.8 Å². The van der Waals surface area contributed by atoms with Gasteiger partial charge in [-0.25, -0.2) is 0 Å². The maximum absolute atomic E-state index is 9.36. The number of phenolic OH excluding ortho intramolecular Hbond substituents is 1. The van der Waals surface area contributed by atoms with Crippen molar-refractivity contribution in [3.63, 3.8) is 0 Å². The van der Waals surface area contributed by atoms with Crippen LogP contribution < -0.4 is 5.73 Å². The zero-order chi connectivity index (χ0) is 13.0. The van der Waals surface area contributed by atoms with Crippen LogP contribution in [0.25, 0.3) is 0 Å². The molecule has 0 radical (unpaired) electrons. The van der Waals surface area contributed by atoms with Gasteiger partial charge >= 0.3 is 0 Å². The number of nitrogens with zero attached hydrogens (tertiary/aromatic N) is 2. The van der Waals surface area contributed by atoms with Gasteiger partial charge in [0, 0.05) is 19.3 Å². The van der Waals surface area contributed by atoms with Crippen LogP contribution in [0.1, 0.15) is 11.3 Å². The lowest BCUT2D eigenvalue weighted by Gasteiger charge is -2.16. The Morgan fingerprint density at radius 1 is 1.22 bits per heavy atom. The van der Waals surface area contributed by atoms with Gasteiger partial charge in [0.15, 0.2) is 0 Å². The Hall–Kier alpha value is -2.07. The maximum Gasteiger partial charge on any atom is 0.138 e. The summed E-state index contributed by atoms with van der Waals surface area (Å²) in [5.74, 6) is 0.131. The van der Waals surface area contributed by atoms with E-state index >= 15 is 0 Å². The van der Waals surface area contributed by atoms with E-state index in [1.807, 2.05) is 31.3 Å². The third kappa shape index (κ3) is 3.21. The molecule has 0 saturated carbocycles. The van der Waals surface area contributed by atoms with E-state index in [1.54, 1.807) is 18.3 Å². The molecule has 0 aliphatic rings. The fraction of sp³-hybridized carbons (Fsp3) is 0.214. The summed E-state index contributed by atoms with van der Waals surface area (Å²) < 4.78 is 0. The molecule has 0 saturated heterocycles. The summed E-state index contributed by atoms with van der Waals surface area (Å²) in [5, 5.41) is 9.36. The molecule has 0 bridgehead atoms. The molecule has 1 aromatic heterocycles. The number of benzene rings is 1. The predicted octanol–water partition coefficient (Wildman–Crippen LogP) is 2.00. The number of rotatable bonds is 4. The van der Waals surface area contributed by atoms with Gasteiger partial charge in [-0.15, -0.1) is 0 Å². The summed E-state index contributed by atoms with van der Waals surface area (Å²) in [5.41, 5.74) is 8.19. The second-order valence-corrected chi connectivity index (χ2v) is 4.39. The molecule has 4 nitrogen and oxygen atoms in total. The summed E-state index contributed by atoms with van der Waals surface area (Å²) in [6.45, 7) is 1.54. The van der Waals surface area contributed by atoms with Crippen LogP contribution >= 0.6 is 0 Å². The number of aromatic hydroxyl groups is 1. The first kappa shape index (κ1) is 12.4. The van der Waals surface area contributed by atoms with Crippen LogP contribution in [0.4, 0.5) is 5.69 Å². The van der Waals surface area contributed by atoms with Crippen LogP contribution in [0.15, 0.2) is 42.6 Å². The van der Waals surface area contributed by atoms with Crippen molar-refractivity contribution in [2.24, 2.45) is 0 Å². The average molecular weight is 243 g/mol. The van der Waals surface area contributed by atoms with Gasteiger partial charge in [0.25, 0.3) is 0 Å². The van der Waals surface area contributed by atoms with Crippen LogP contribution in [0.2, 0.25) is 0 Å². The third-order valence-electron chi connectivity index (χ3n) is 2.70. The van der Waals surface area contributed by atoms with E-state index in [0.29, 0.717) is 5.69 Å². The SMILES string of the molecule is CN(Cc1ccc(O)c(N)c1)Cc1ccccn1. The molecule has 18 heavy (non-hydrogen) atoms. The van der Waals surface area contributed by atoms with Crippen LogP contribution in [-0.4, -0.2) is 22.0 Å². The van der Waals surface area contributed by atoms with E-state index in [9.17, 15) is 5.11 Å². The molecule has 2 rings (SSSR count). The molecular weight excluding hydrogens is 226 g/mol. The number of hydrogen-bond acceptors (Lipinski definition) is 4. The van der Waals surface area contributed by atoms with Crippen molar-refractivity contribution in [1.29, 1.82) is 0 Å². The topological polar surface area (TPSA) is 62.4 Å². The van der Waals surface area contributed by atoms with Crippen molar-refractivity contribution < 1.29 is 5.11 Å². The summed E-state index contributed by atoms with van der Waals surface area (Å²) in [7, 11) is 2.03. The number of nitrogen functional groups attached to an aromatic ring is 1. The van der Waals surface area contributed by atoms with Crippen LogP contribution in [0.5, 0.6) is 5.75 Å². The van der Waals surface area contributed by atoms with Crippen LogP contribution in [0, 0.1) is 0 Å². The van der Waals surface area contributed by atoms with Crippen molar-refractivity contribution in [1.82, 2.24) is 9.88 Å². The van der Waals surface area contributed by atoms with Crippen molar-refractivity contribution >= 4 is 5.69 Å². The summed E-state index contributed by atoms with van der Waals surface area (Å²) in [6, 6.07) is 11.2. The van der Waals surface area contributed by atoms with E-state index in [2.05, 4.69) is 9.88 Å². The monoisotopic (exact) mass is 243 g/mol. The number of hydrogen-bond donors (Lipinski definition) is 2. The quantitative estimate of drug-likeness (QED) is 0.637. The highest BCUT2D eigenvalue weighted by atomic mass is 16.3. The first-order valence-corrected chi connectivity index (χ1v) is 5.81. The first-order chi connectivity index (χ1) is 8.65. The Kier molecular flexibility index (Phi) is 3.79. The normalized spacial score (nSPS) is 10.8. The Morgan fingerprint density at radius 2 is 2.06 bits per heavy atom. The molecule has 1 aromatic carbocycles. The molecule has 0 aliphatic carbocycles. The van der Waals surface area contributed by atoms with Crippen LogP contribution in [-0.2, 0) is 13.1 Å². The van der Waals surface area contributed by atoms with Crippen molar-refractivity contribution in [3.8, 4) is 5.75 Å². The van der Waals surface area contributed by atoms with Gasteiger partial charge in [0.1, 0.15) is 5.75 Å². The molecule has 0 aliphatic heterocycles. The lowest BCUT2D eigenvalue weighted by molar-refractivity contribution is 0.315. The van der Waals surface area contributed by atoms with E-state index in [1.165, 1.54) is 0 Å². The molecule has 0 amide bonds. The zero-order valence-electron chi connectivity index (χ0n) is 10.4. The van der Waals surface area contributed by atoms with Gasteiger partial charge in [0.05, 0.1) is 11.4 Å². The van der Waals surface area contributed by atoms with E-state index in [-0.39, 0.29) is 5.75 Å². The van der Waals surface area contributed by atoms with E-state index in [4.69, 9.17) is 5.73 Å². The Labute approximate surface area is 107 Å². The van der Waals surface area contributed by atoms with Crippen molar-refractivity contribution in [2.45, 2.75) is 13.1 Å². The lowest BCUT2D eigenvalue weighted by Crippen LogP contribution is -2.17. The number of anilines is 1. The van der Waals surface area contributed by atoms with E-state index in [0.717, 1.165) is 24.3 Å². The molecule has 0 atom stereocenters. The third-order valence-corrected chi connectivity index (χ3v) is 2.70. The minimum absolute atomic E-state index is 0.131. The molecule has 0 unspecified atom stereocenters. The van der Waals surface area contributed by atoms with Crippen LogP contribution in [0.3, 0.4) is 0 Å². The molecular formula is C14H17N3O. The number of phenols is 1. The summed E-state index contributed by atoms with van der Waals surface area (Å²) in [6.07, 6.45) is 1.79. The van der Waals surface area contributed by atoms with Gasteiger partial charge in [-0.3, -0.25) is 9.88 Å². The molecule has 0 spiro atoms. The molecule has 3 N–H and O–H groups in total. The Bertz CT molecular complexity index is 514. The summed E-state index contributed by atoms with van der Waals surface area (Å²) >= 11 is 0. The maximum atomic E-state index is 9.36. The van der Waals surface area contributed by atoms with Gasteiger partial charge in [-0.05, 0) is 36.9 Å². The highest BCUT2D eigenvalue weighted by Crippen LogP contribution is 2.21. The minimum atomic E-state index is 0.131. The van der Waals surface area contributed by atoms with Crippen molar-refractivity contribution in [3.05, 3.63) is 53.9 Å². The molecule has 2 aromatic rings. The largest absolute Gasteiger partial charge is 0.506 e. The molecule has 94 valence electrons. The number of pyridine rings is 1. The standard InChI is InChI=1S/C14H17N3O/c1-17(10-12-4-2-3-7-16-12)9-11-5-6-14(18)13(15)8-11/h2-8,18H,9-10,15H2,1H3. The van der Waals surface area contributed by atoms with Gasteiger partial charge in [0.2, 0.25) is 0 Å². The smallest absolute Gasteiger partial charge is 0.138 e. The molecule has 4 heteroatoms. The first-order valence-electron chi connectivity index (χ1n) is 5.81. The number of nitrogens with two attached hydrogens (primary N) is 1. The highest BCUT2D eigenvalue weighted by Gasteiger charge is 2.04. The Morgan fingerprint density at radius 3 is 2.72 bits per heavy atom. The summed E-state index contributed by atoms with van der Waals surface area (Å²) in [4.78, 5) is 6.43. The molecule has 1 heterocycles. The van der Waals surface area contributed by atoms with Gasteiger partial charge in [-0.1, -0.05) is 12.1 Å². The lowest BCUT2D eigenvalue weighted by atomic mass is 10.2. The zero-order valence-corrected chi connectivity index (χ0v) is 10.4. The highest BCUT2D eigenvalue weighted by molar-refractivity contribution is 5.53. The Balaban J connectivity index is 1.99.